The summed E-state index contributed by atoms with van der Waals surface area (Å²) in [4.78, 5) is 15.7. The molecular weight excluding hydrogens is 274 g/mol. The molecule has 116 valence electrons. The number of anilines is 1. The lowest BCUT2D eigenvalue weighted by Gasteiger charge is -2.15. The van der Waals surface area contributed by atoms with Crippen molar-refractivity contribution in [3.8, 4) is 0 Å². The molecule has 0 bridgehead atoms. The number of hydrogen-bond acceptors (Lipinski definition) is 6. The Morgan fingerprint density at radius 3 is 3.00 bits per heavy atom. The van der Waals surface area contributed by atoms with E-state index in [1.165, 1.54) is 4.57 Å². The first-order valence-electron chi connectivity index (χ1n) is 7.06. The highest BCUT2D eigenvalue weighted by molar-refractivity contribution is 5.59. The van der Waals surface area contributed by atoms with Gasteiger partial charge in [0.05, 0.1) is 12.7 Å². The van der Waals surface area contributed by atoms with Crippen molar-refractivity contribution >= 4 is 11.9 Å². The highest BCUT2D eigenvalue weighted by atomic mass is 16.5. The van der Waals surface area contributed by atoms with Gasteiger partial charge in [0.2, 0.25) is 0 Å². The summed E-state index contributed by atoms with van der Waals surface area (Å²) < 4.78 is 6.77. The lowest BCUT2D eigenvalue weighted by atomic mass is 10.2. The molecule has 0 spiro atoms. The van der Waals surface area contributed by atoms with Gasteiger partial charge in [-0.2, -0.15) is 4.98 Å². The average molecular weight is 295 g/mol. The fourth-order valence-electron chi connectivity index (χ4n) is 2.26. The first kappa shape index (κ1) is 15.7. The van der Waals surface area contributed by atoms with E-state index in [-0.39, 0.29) is 18.8 Å². The number of hydrogen-bond donors (Lipinski definition) is 3. The largest absolute Gasteiger partial charge is 0.394 e. The minimum absolute atomic E-state index is 0.167. The van der Waals surface area contributed by atoms with Crippen LogP contribution < -0.4 is 11.4 Å². The van der Waals surface area contributed by atoms with Gasteiger partial charge < -0.3 is 20.7 Å². The quantitative estimate of drug-likeness (QED) is 0.719. The number of unbranched alkanes of at least 4 members (excludes halogenated alkanes) is 1. The molecule has 1 fully saturated rings. The van der Waals surface area contributed by atoms with Crippen molar-refractivity contribution in [1.29, 1.82) is 0 Å². The van der Waals surface area contributed by atoms with Gasteiger partial charge in [0, 0.05) is 18.2 Å². The molecule has 0 saturated carbocycles. The van der Waals surface area contributed by atoms with E-state index >= 15 is 0 Å². The molecule has 4 N–H and O–H groups in total. The van der Waals surface area contributed by atoms with Gasteiger partial charge >= 0.3 is 5.69 Å². The average Bonchev–Trinajstić information content (AvgIpc) is 2.82. The van der Waals surface area contributed by atoms with Gasteiger partial charge in [-0.3, -0.25) is 4.57 Å². The summed E-state index contributed by atoms with van der Waals surface area (Å²) in [6.45, 7) is 1.77. The molecular formula is C14H21N3O4. The van der Waals surface area contributed by atoms with Crippen LogP contribution in [0.25, 0.3) is 6.08 Å². The number of ether oxygens (including phenoxy) is 1. The Morgan fingerprint density at radius 1 is 1.62 bits per heavy atom. The summed E-state index contributed by atoms with van der Waals surface area (Å²) in [5, 5.41) is 18.8. The van der Waals surface area contributed by atoms with Crippen LogP contribution in [-0.4, -0.2) is 38.6 Å². The number of nitrogens with zero attached hydrogens (tertiary/aromatic N) is 2. The summed E-state index contributed by atoms with van der Waals surface area (Å²) in [5.74, 6) is 0.167. The van der Waals surface area contributed by atoms with Crippen LogP contribution in [0.2, 0.25) is 0 Å². The van der Waals surface area contributed by atoms with Crippen LogP contribution in [0.3, 0.4) is 0 Å². The number of aliphatic hydroxyl groups is 2. The lowest BCUT2D eigenvalue weighted by Crippen LogP contribution is -2.28. The molecule has 1 aromatic heterocycles. The Hall–Kier alpha value is -1.70. The smallest absolute Gasteiger partial charge is 0.351 e. The number of allylic oxidation sites excluding steroid dienone is 1. The minimum Gasteiger partial charge on any atom is -0.394 e. The van der Waals surface area contributed by atoms with Gasteiger partial charge in [-0.15, -0.1) is 0 Å². The van der Waals surface area contributed by atoms with E-state index in [1.54, 1.807) is 6.20 Å². The summed E-state index contributed by atoms with van der Waals surface area (Å²) in [5.41, 5.74) is 5.85. The van der Waals surface area contributed by atoms with Crippen molar-refractivity contribution < 1.29 is 14.9 Å². The molecule has 2 rings (SSSR count). The van der Waals surface area contributed by atoms with Gasteiger partial charge in [0.15, 0.2) is 0 Å². The Labute approximate surface area is 122 Å². The van der Waals surface area contributed by atoms with E-state index in [0.29, 0.717) is 5.56 Å². The predicted octanol–water partition coefficient (Wildman–Crippen LogP) is 0.279. The molecule has 0 radical (unpaired) electrons. The van der Waals surface area contributed by atoms with Crippen molar-refractivity contribution in [2.24, 2.45) is 0 Å². The molecule has 0 unspecified atom stereocenters. The van der Waals surface area contributed by atoms with Crippen LogP contribution in [0.4, 0.5) is 5.82 Å². The highest BCUT2D eigenvalue weighted by Gasteiger charge is 2.35. The second-order valence-corrected chi connectivity index (χ2v) is 5.08. The number of aromatic nitrogens is 2. The molecule has 0 aromatic carbocycles. The zero-order valence-electron chi connectivity index (χ0n) is 12.0. The lowest BCUT2D eigenvalue weighted by molar-refractivity contribution is -0.0458. The third-order valence-corrected chi connectivity index (χ3v) is 3.46. The Kier molecular flexibility index (Phi) is 5.11. The van der Waals surface area contributed by atoms with Crippen molar-refractivity contribution in [3.05, 3.63) is 28.3 Å². The standard InChI is InChI=1S/C14H21N3O4/c1-2-3-4-5-9-7-17(14(20)16-13(9)15)12-6-10(19)11(8-18)21-12/h4-5,7,10-12,18-19H,2-3,6,8H2,1H3,(H2,15,16,20)/b5-4+/t10-,11+,12+/m0/s1. The van der Waals surface area contributed by atoms with Gasteiger partial charge in [-0.05, 0) is 6.42 Å². The Balaban J connectivity index is 2.28. The second-order valence-electron chi connectivity index (χ2n) is 5.08. The van der Waals surface area contributed by atoms with E-state index < -0.39 is 24.1 Å². The Bertz CT molecular complexity index is 570. The minimum atomic E-state index is -0.802. The number of nitrogens with two attached hydrogens (primary N) is 1. The maximum absolute atomic E-state index is 11.9. The molecule has 2 heterocycles. The van der Waals surface area contributed by atoms with Gasteiger partial charge in [0.1, 0.15) is 18.1 Å². The molecule has 3 atom stereocenters. The molecule has 0 aliphatic carbocycles. The molecule has 1 aromatic rings. The first-order valence-corrected chi connectivity index (χ1v) is 7.06. The van der Waals surface area contributed by atoms with Gasteiger partial charge in [-0.1, -0.05) is 25.5 Å². The third-order valence-electron chi connectivity index (χ3n) is 3.46. The van der Waals surface area contributed by atoms with Crippen molar-refractivity contribution in [3.63, 3.8) is 0 Å². The fourth-order valence-corrected chi connectivity index (χ4v) is 2.26. The van der Waals surface area contributed by atoms with E-state index in [1.807, 2.05) is 12.2 Å². The summed E-state index contributed by atoms with van der Waals surface area (Å²) in [6, 6.07) is 0. The number of nitrogen functional groups attached to an aromatic ring is 1. The third kappa shape index (κ3) is 3.49. The second kappa shape index (κ2) is 6.84. The molecule has 1 aliphatic heterocycles. The predicted molar refractivity (Wildman–Crippen MR) is 78.5 cm³/mol. The highest BCUT2D eigenvalue weighted by Crippen LogP contribution is 2.27. The summed E-state index contributed by atoms with van der Waals surface area (Å²) in [6.07, 6.45) is 5.38. The fraction of sp³-hybridized carbons (Fsp3) is 0.571. The van der Waals surface area contributed by atoms with E-state index in [9.17, 15) is 9.90 Å². The molecule has 1 saturated heterocycles. The van der Waals surface area contributed by atoms with Gasteiger partial charge in [0.25, 0.3) is 0 Å². The van der Waals surface area contributed by atoms with Crippen LogP contribution in [0, 0.1) is 0 Å². The SMILES string of the molecule is CCC/C=C/c1cn([C@H]2C[C@H](O)[C@@H](CO)O2)c(=O)nc1N. The van der Waals surface area contributed by atoms with Gasteiger partial charge in [-0.25, -0.2) is 4.79 Å². The molecule has 1 aliphatic rings. The molecule has 7 heteroatoms. The number of aliphatic hydroxyl groups excluding tert-OH is 2. The summed E-state index contributed by atoms with van der Waals surface area (Å²) >= 11 is 0. The van der Waals surface area contributed by atoms with E-state index in [2.05, 4.69) is 11.9 Å². The zero-order chi connectivity index (χ0) is 15.4. The van der Waals surface area contributed by atoms with E-state index in [0.717, 1.165) is 12.8 Å². The van der Waals surface area contributed by atoms with Crippen LogP contribution in [0.15, 0.2) is 17.1 Å². The monoisotopic (exact) mass is 295 g/mol. The van der Waals surface area contributed by atoms with Crippen molar-refractivity contribution in [2.75, 3.05) is 12.3 Å². The van der Waals surface area contributed by atoms with Crippen LogP contribution >= 0.6 is 0 Å². The summed E-state index contributed by atoms with van der Waals surface area (Å²) in [7, 11) is 0. The van der Waals surface area contributed by atoms with Crippen molar-refractivity contribution in [1.82, 2.24) is 9.55 Å². The van der Waals surface area contributed by atoms with Crippen LogP contribution in [-0.2, 0) is 4.74 Å². The maximum Gasteiger partial charge on any atom is 0.351 e. The van der Waals surface area contributed by atoms with E-state index in [4.69, 9.17) is 15.6 Å². The molecule has 7 nitrogen and oxygen atoms in total. The van der Waals surface area contributed by atoms with Crippen LogP contribution in [0.5, 0.6) is 0 Å². The maximum atomic E-state index is 11.9. The van der Waals surface area contributed by atoms with Crippen LogP contribution in [0.1, 0.15) is 38.0 Å². The molecule has 21 heavy (non-hydrogen) atoms. The normalized spacial score (nSPS) is 25.8. The number of rotatable bonds is 5. The van der Waals surface area contributed by atoms with Crippen molar-refractivity contribution in [2.45, 2.75) is 44.6 Å². The Morgan fingerprint density at radius 2 is 2.38 bits per heavy atom. The topological polar surface area (TPSA) is 111 Å². The zero-order valence-corrected chi connectivity index (χ0v) is 12.0. The molecule has 0 amide bonds. The first-order chi connectivity index (χ1) is 10.1.